The summed E-state index contributed by atoms with van der Waals surface area (Å²) in [5.41, 5.74) is 0.703. The lowest BCUT2D eigenvalue weighted by Crippen LogP contribution is -2.49. The second kappa shape index (κ2) is 7.03. The maximum atomic E-state index is 13.0. The Hall–Kier alpha value is -1.42. The van der Waals surface area contributed by atoms with Crippen molar-refractivity contribution in [1.82, 2.24) is 5.32 Å². The highest BCUT2D eigenvalue weighted by Gasteiger charge is 2.34. The van der Waals surface area contributed by atoms with Gasteiger partial charge in [-0.05, 0) is 51.1 Å². The molecule has 21 heavy (non-hydrogen) atoms. The number of hydrogen-bond donors (Lipinski definition) is 1. The predicted molar refractivity (Wildman–Crippen MR) is 83.9 cm³/mol. The summed E-state index contributed by atoms with van der Waals surface area (Å²) in [7, 11) is 1.95. The molecule has 1 aliphatic rings. The average molecular weight is 292 g/mol. The Morgan fingerprint density at radius 1 is 1.24 bits per heavy atom. The number of benzene rings is 1. The van der Waals surface area contributed by atoms with Crippen LogP contribution in [0, 0.1) is 5.82 Å². The van der Waals surface area contributed by atoms with Crippen molar-refractivity contribution in [3.05, 3.63) is 30.1 Å². The van der Waals surface area contributed by atoms with Crippen LogP contribution in [0.4, 0.5) is 10.1 Å². The van der Waals surface area contributed by atoms with Gasteiger partial charge < -0.3 is 10.2 Å². The van der Waals surface area contributed by atoms with Crippen LogP contribution in [0.1, 0.15) is 45.4 Å². The number of rotatable bonds is 5. The fourth-order valence-electron chi connectivity index (χ4n) is 3.25. The molecule has 0 atom stereocenters. The van der Waals surface area contributed by atoms with Crippen molar-refractivity contribution in [2.45, 2.75) is 51.0 Å². The minimum Gasteiger partial charge on any atom is -0.314 e. The Labute approximate surface area is 126 Å². The van der Waals surface area contributed by atoms with Gasteiger partial charge in [0.05, 0.1) is 0 Å². The standard InChI is InChI=1S/C17H25FN2O/c1-3-20(15-9-7-14(18)8-10-15)16(21)13-17(19-2)11-5-4-6-12-17/h7-10,19H,3-6,11-13H2,1-2H3. The van der Waals surface area contributed by atoms with Gasteiger partial charge in [-0.15, -0.1) is 0 Å². The molecule has 0 bridgehead atoms. The Morgan fingerprint density at radius 3 is 2.38 bits per heavy atom. The van der Waals surface area contributed by atoms with E-state index >= 15 is 0 Å². The van der Waals surface area contributed by atoms with E-state index in [9.17, 15) is 9.18 Å². The lowest BCUT2D eigenvalue weighted by atomic mass is 9.79. The van der Waals surface area contributed by atoms with Crippen molar-refractivity contribution in [2.24, 2.45) is 0 Å². The summed E-state index contributed by atoms with van der Waals surface area (Å²) in [5.74, 6) is -0.165. The smallest absolute Gasteiger partial charge is 0.228 e. The number of carbonyl (C=O) groups excluding carboxylic acids is 1. The van der Waals surface area contributed by atoms with E-state index in [0.29, 0.717) is 13.0 Å². The molecule has 0 aromatic heterocycles. The molecule has 0 saturated heterocycles. The van der Waals surface area contributed by atoms with Gasteiger partial charge in [0, 0.05) is 24.2 Å². The van der Waals surface area contributed by atoms with Crippen LogP contribution in [0.15, 0.2) is 24.3 Å². The fraction of sp³-hybridized carbons (Fsp3) is 0.588. The first-order chi connectivity index (χ1) is 10.1. The van der Waals surface area contributed by atoms with Gasteiger partial charge in [-0.1, -0.05) is 19.3 Å². The van der Waals surface area contributed by atoms with E-state index in [1.807, 2.05) is 14.0 Å². The molecule has 0 unspecified atom stereocenters. The van der Waals surface area contributed by atoms with Crippen LogP contribution in [0.25, 0.3) is 0 Å². The van der Waals surface area contributed by atoms with E-state index in [1.165, 1.54) is 31.4 Å². The van der Waals surface area contributed by atoms with E-state index in [2.05, 4.69) is 5.32 Å². The van der Waals surface area contributed by atoms with Gasteiger partial charge in [0.25, 0.3) is 0 Å². The zero-order valence-electron chi connectivity index (χ0n) is 13.0. The van der Waals surface area contributed by atoms with E-state index in [-0.39, 0.29) is 17.3 Å². The average Bonchev–Trinajstić information content (AvgIpc) is 2.51. The Bertz CT molecular complexity index is 466. The zero-order valence-corrected chi connectivity index (χ0v) is 13.0. The van der Waals surface area contributed by atoms with Crippen molar-refractivity contribution in [1.29, 1.82) is 0 Å². The summed E-state index contributed by atoms with van der Waals surface area (Å²) in [6.45, 7) is 2.55. The van der Waals surface area contributed by atoms with Crippen molar-refractivity contribution in [3.63, 3.8) is 0 Å². The molecule has 0 radical (unpaired) electrons. The number of nitrogens with zero attached hydrogens (tertiary/aromatic N) is 1. The normalized spacial score (nSPS) is 17.5. The molecule has 116 valence electrons. The molecule has 2 rings (SSSR count). The van der Waals surface area contributed by atoms with Crippen LogP contribution in [-0.2, 0) is 4.79 Å². The maximum Gasteiger partial charge on any atom is 0.228 e. The predicted octanol–water partition coefficient (Wildman–Crippen LogP) is 3.49. The molecule has 0 aliphatic heterocycles. The van der Waals surface area contributed by atoms with Gasteiger partial charge in [0.1, 0.15) is 5.82 Å². The topological polar surface area (TPSA) is 32.3 Å². The molecule has 1 N–H and O–H groups in total. The highest BCUT2D eigenvalue weighted by atomic mass is 19.1. The van der Waals surface area contributed by atoms with Crippen LogP contribution in [0.5, 0.6) is 0 Å². The SMILES string of the molecule is CCN(C(=O)CC1(NC)CCCCC1)c1ccc(F)cc1. The lowest BCUT2D eigenvalue weighted by molar-refractivity contribution is -0.120. The molecule has 1 aliphatic carbocycles. The Kier molecular flexibility index (Phi) is 5.34. The van der Waals surface area contributed by atoms with Gasteiger partial charge in [-0.3, -0.25) is 4.79 Å². The fourth-order valence-corrected chi connectivity index (χ4v) is 3.25. The monoisotopic (exact) mass is 292 g/mol. The second-order valence-corrected chi connectivity index (χ2v) is 5.88. The third-order valence-corrected chi connectivity index (χ3v) is 4.59. The Morgan fingerprint density at radius 2 is 1.86 bits per heavy atom. The van der Waals surface area contributed by atoms with E-state index < -0.39 is 0 Å². The van der Waals surface area contributed by atoms with E-state index in [4.69, 9.17) is 0 Å². The minimum absolute atomic E-state index is 0.0667. The largest absolute Gasteiger partial charge is 0.314 e. The summed E-state index contributed by atoms with van der Waals surface area (Å²) >= 11 is 0. The molecule has 4 heteroatoms. The third-order valence-electron chi connectivity index (χ3n) is 4.59. The second-order valence-electron chi connectivity index (χ2n) is 5.88. The first kappa shape index (κ1) is 16.0. The minimum atomic E-state index is -0.277. The molecule has 1 aromatic rings. The molecule has 1 saturated carbocycles. The molecule has 0 heterocycles. The third kappa shape index (κ3) is 3.82. The first-order valence-electron chi connectivity index (χ1n) is 7.85. The quantitative estimate of drug-likeness (QED) is 0.901. The zero-order chi connectivity index (χ0) is 15.3. The number of nitrogens with one attached hydrogen (secondary N) is 1. The highest BCUT2D eigenvalue weighted by molar-refractivity contribution is 5.94. The van der Waals surface area contributed by atoms with E-state index in [0.717, 1.165) is 18.5 Å². The Balaban J connectivity index is 2.10. The number of halogens is 1. The van der Waals surface area contributed by atoms with Crippen LogP contribution in [-0.4, -0.2) is 25.0 Å². The number of amides is 1. The summed E-state index contributed by atoms with van der Waals surface area (Å²) in [5, 5.41) is 3.38. The highest BCUT2D eigenvalue weighted by Crippen LogP contribution is 2.32. The van der Waals surface area contributed by atoms with Crippen LogP contribution in [0.2, 0.25) is 0 Å². The molecule has 1 amide bonds. The van der Waals surface area contributed by atoms with Gasteiger partial charge >= 0.3 is 0 Å². The molecule has 1 fully saturated rings. The van der Waals surface area contributed by atoms with Gasteiger partial charge in [0.2, 0.25) is 5.91 Å². The van der Waals surface area contributed by atoms with Gasteiger partial charge in [-0.25, -0.2) is 4.39 Å². The molecule has 0 spiro atoms. The van der Waals surface area contributed by atoms with Crippen LogP contribution < -0.4 is 10.2 Å². The summed E-state index contributed by atoms with van der Waals surface area (Å²) < 4.78 is 13.0. The van der Waals surface area contributed by atoms with Gasteiger partial charge in [0.15, 0.2) is 0 Å². The lowest BCUT2D eigenvalue weighted by Gasteiger charge is -2.38. The first-order valence-corrected chi connectivity index (χ1v) is 7.85. The number of anilines is 1. The van der Waals surface area contributed by atoms with Crippen molar-refractivity contribution in [3.8, 4) is 0 Å². The van der Waals surface area contributed by atoms with Crippen LogP contribution >= 0.6 is 0 Å². The number of carbonyl (C=O) groups is 1. The van der Waals surface area contributed by atoms with E-state index in [1.54, 1.807) is 17.0 Å². The maximum absolute atomic E-state index is 13.0. The van der Waals surface area contributed by atoms with Crippen LogP contribution in [0.3, 0.4) is 0 Å². The van der Waals surface area contributed by atoms with Crippen molar-refractivity contribution >= 4 is 11.6 Å². The van der Waals surface area contributed by atoms with Gasteiger partial charge in [-0.2, -0.15) is 0 Å². The molecular formula is C17H25FN2O. The molecular weight excluding hydrogens is 267 g/mol. The van der Waals surface area contributed by atoms with Crippen molar-refractivity contribution in [2.75, 3.05) is 18.5 Å². The summed E-state index contributed by atoms with van der Waals surface area (Å²) in [6.07, 6.45) is 6.22. The summed E-state index contributed by atoms with van der Waals surface area (Å²) in [4.78, 5) is 14.4. The molecule has 3 nitrogen and oxygen atoms in total. The summed E-state index contributed by atoms with van der Waals surface area (Å²) in [6, 6.07) is 6.15. The van der Waals surface area contributed by atoms with Crippen molar-refractivity contribution < 1.29 is 9.18 Å². The molecule has 1 aromatic carbocycles. The number of hydrogen-bond acceptors (Lipinski definition) is 2.